The molecule has 5 aromatic rings. The van der Waals surface area contributed by atoms with Crippen molar-refractivity contribution >= 4 is 68.8 Å². The maximum atomic E-state index is 12.3. The van der Waals surface area contributed by atoms with E-state index in [1.54, 1.807) is 40.9 Å². The number of rotatable bonds is 7. The molecule has 12 heteroatoms. The molecular weight excluding hydrogens is 563 g/mol. The Hall–Kier alpha value is -3.57. The second kappa shape index (κ2) is 11.4. The molecule has 192 valence electrons. The van der Waals surface area contributed by atoms with Gasteiger partial charge in [-0.3, -0.25) is 10.1 Å². The number of aryl methyl sites for hydroxylation is 1. The Morgan fingerprint density at radius 2 is 1.84 bits per heavy atom. The van der Waals surface area contributed by atoms with Gasteiger partial charge in [0.25, 0.3) is 0 Å². The molecule has 0 bridgehead atoms. The summed E-state index contributed by atoms with van der Waals surface area (Å²) in [5.41, 5.74) is 2.74. The Kier molecular flexibility index (Phi) is 7.85. The van der Waals surface area contributed by atoms with E-state index in [0.29, 0.717) is 28.1 Å². The minimum absolute atomic E-state index is 0.221. The lowest BCUT2D eigenvalue weighted by Gasteiger charge is -2.08. The van der Waals surface area contributed by atoms with Crippen molar-refractivity contribution in [1.82, 2.24) is 30.4 Å². The summed E-state index contributed by atoms with van der Waals surface area (Å²) in [5, 5.41) is 20.7. The van der Waals surface area contributed by atoms with Crippen molar-refractivity contribution in [2.75, 3.05) is 0 Å². The van der Waals surface area contributed by atoms with Crippen LogP contribution in [0.15, 0.2) is 65.1 Å². The van der Waals surface area contributed by atoms with E-state index >= 15 is 0 Å². The molecule has 0 unspecified atom stereocenters. The second-order valence-corrected chi connectivity index (χ2v) is 10.4. The standard InChI is InChI=1S/C26H20Cl2N6O2S2/c1-2-22-31-32-26-34(22)33-24(38-26)16-5-3-15(4-6-16)14-29-25(37)30-23(35)10-8-20-7-9-21(36-20)17-11-18(27)13-19(28)12-17/h3-13H,2,14H2,1H3,(H2,29,30,35,37)/b10-8+. The maximum absolute atomic E-state index is 12.3. The summed E-state index contributed by atoms with van der Waals surface area (Å²) < 4.78 is 7.54. The molecule has 0 radical (unpaired) electrons. The van der Waals surface area contributed by atoms with Crippen LogP contribution in [0.25, 0.3) is 32.9 Å². The van der Waals surface area contributed by atoms with Crippen LogP contribution in [-0.2, 0) is 17.8 Å². The summed E-state index contributed by atoms with van der Waals surface area (Å²) in [7, 11) is 0. The van der Waals surface area contributed by atoms with Crippen LogP contribution in [0.1, 0.15) is 24.1 Å². The number of amides is 1. The molecule has 0 aliphatic carbocycles. The number of fused-ring (bicyclic) bond motifs is 1. The summed E-state index contributed by atoms with van der Waals surface area (Å²) in [6.45, 7) is 2.48. The molecule has 0 saturated carbocycles. The van der Waals surface area contributed by atoms with Crippen LogP contribution < -0.4 is 10.6 Å². The SMILES string of the molecule is CCc1nnc2sc(-c3ccc(CNC(=S)NC(=O)/C=C/c4ccc(-c5cc(Cl)cc(Cl)c5)o4)cc3)nn12. The van der Waals surface area contributed by atoms with Crippen molar-refractivity contribution in [1.29, 1.82) is 0 Å². The fourth-order valence-corrected chi connectivity index (χ4v) is 5.15. The average Bonchev–Trinajstić information content (AvgIpc) is 3.62. The van der Waals surface area contributed by atoms with Crippen molar-refractivity contribution in [3.63, 3.8) is 0 Å². The molecule has 0 aliphatic heterocycles. The molecule has 3 heterocycles. The van der Waals surface area contributed by atoms with E-state index in [1.807, 2.05) is 31.2 Å². The highest BCUT2D eigenvalue weighted by atomic mass is 35.5. The van der Waals surface area contributed by atoms with Crippen molar-refractivity contribution in [2.24, 2.45) is 0 Å². The van der Waals surface area contributed by atoms with Crippen LogP contribution in [0.4, 0.5) is 0 Å². The zero-order valence-electron chi connectivity index (χ0n) is 19.9. The fraction of sp³-hybridized carbons (Fsp3) is 0.115. The van der Waals surface area contributed by atoms with Crippen LogP contribution in [0.3, 0.4) is 0 Å². The lowest BCUT2D eigenvalue weighted by Crippen LogP contribution is -2.37. The summed E-state index contributed by atoms with van der Waals surface area (Å²) in [6, 6.07) is 16.6. The monoisotopic (exact) mass is 582 g/mol. The normalized spacial score (nSPS) is 11.3. The molecule has 0 aliphatic rings. The summed E-state index contributed by atoms with van der Waals surface area (Å²) in [5.74, 6) is 1.55. The van der Waals surface area contributed by atoms with E-state index in [-0.39, 0.29) is 11.0 Å². The minimum atomic E-state index is -0.378. The van der Waals surface area contributed by atoms with Crippen molar-refractivity contribution < 1.29 is 9.21 Å². The van der Waals surface area contributed by atoms with Crippen LogP contribution in [0.2, 0.25) is 10.0 Å². The first-order valence-corrected chi connectivity index (χ1v) is 13.5. The van der Waals surface area contributed by atoms with Gasteiger partial charge in [-0.2, -0.15) is 9.61 Å². The lowest BCUT2D eigenvalue weighted by molar-refractivity contribution is -0.115. The van der Waals surface area contributed by atoms with Gasteiger partial charge in [0.15, 0.2) is 10.9 Å². The van der Waals surface area contributed by atoms with Gasteiger partial charge < -0.3 is 9.73 Å². The first-order valence-electron chi connectivity index (χ1n) is 11.5. The minimum Gasteiger partial charge on any atom is -0.457 e. The Bertz CT molecular complexity index is 1640. The third-order valence-corrected chi connectivity index (χ3v) is 7.07. The molecule has 5 rings (SSSR count). The molecule has 3 aromatic heterocycles. The van der Waals surface area contributed by atoms with Gasteiger partial charge >= 0.3 is 0 Å². The van der Waals surface area contributed by atoms with Crippen molar-refractivity contribution in [3.05, 3.63) is 87.9 Å². The van der Waals surface area contributed by atoms with Gasteiger partial charge in [0.05, 0.1) is 0 Å². The third-order valence-electron chi connectivity index (χ3n) is 5.44. The number of carbonyl (C=O) groups excluding carboxylic acids is 1. The number of nitrogens with one attached hydrogen (secondary N) is 2. The largest absolute Gasteiger partial charge is 0.457 e. The number of halogens is 2. The summed E-state index contributed by atoms with van der Waals surface area (Å²) in [6.07, 6.45) is 3.67. The zero-order valence-corrected chi connectivity index (χ0v) is 23.1. The smallest absolute Gasteiger partial charge is 0.250 e. The molecule has 0 atom stereocenters. The van der Waals surface area contributed by atoms with E-state index in [9.17, 15) is 4.79 Å². The number of furan rings is 1. The van der Waals surface area contributed by atoms with Crippen LogP contribution in [-0.4, -0.2) is 30.8 Å². The van der Waals surface area contributed by atoms with Gasteiger partial charge in [0, 0.05) is 40.2 Å². The lowest BCUT2D eigenvalue weighted by atomic mass is 10.1. The molecule has 0 spiro atoms. The third kappa shape index (κ3) is 6.11. The molecule has 8 nitrogen and oxygen atoms in total. The van der Waals surface area contributed by atoms with Gasteiger partial charge in [0.2, 0.25) is 10.9 Å². The first-order chi connectivity index (χ1) is 18.4. The van der Waals surface area contributed by atoms with E-state index in [0.717, 1.165) is 38.9 Å². The number of thiocarbonyl (C=S) groups is 1. The molecule has 0 fully saturated rings. The van der Waals surface area contributed by atoms with Crippen LogP contribution >= 0.6 is 46.8 Å². The quantitative estimate of drug-likeness (QED) is 0.174. The molecule has 0 saturated heterocycles. The van der Waals surface area contributed by atoms with E-state index in [1.165, 1.54) is 17.4 Å². The van der Waals surface area contributed by atoms with Crippen LogP contribution in [0, 0.1) is 0 Å². The Morgan fingerprint density at radius 1 is 1.08 bits per heavy atom. The number of benzene rings is 2. The number of hydrogen-bond donors (Lipinski definition) is 2. The predicted octanol–water partition coefficient (Wildman–Crippen LogP) is 6.19. The Morgan fingerprint density at radius 3 is 2.58 bits per heavy atom. The highest BCUT2D eigenvalue weighted by molar-refractivity contribution is 7.80. The van der Waals surface area contributed by atoms with Gasteiger partial charge in [-0.15, -0.1) is 10.2 Å². The topological polar surface area (TPSA) is 97.3 Å². The van der Waals surface area contributed by atoms with Gasteiger partial charge in [-0.05, 0) is 54.2 Å². The second-order valence-electron chi connectivity index (χ2n) is 8.13. The highest BCUT2D eigenvalue weighted by Gasteiger charge is 2.12. The van der Waals surface area contributed by atoms with E-state index in [4.69, 9.17) is 39.8 Å². The fourth-order valence-electron chi connectivity index (χ4n) is 3.59. The van der Waals surface area contributed by atoms with Crippen molar-refractivity contribution in [2.45, 2.75) is 19.9 Å². The number of carbonyl (C=O) groups is 1. The highest BCUT2D eigenvalue weighted by Crippen LogP contribution is 2.29. The molecule has 2 N–H and O–H groups in total. The molecule has 2 aromatic carbocycles. The van der Waals surface area contributed by atoms with Gasteiger partial charge in [-0.25, -0.2) is 0 Å². The average molecular weight is 584 g/mol. The van der Waals surface area contributed by atoms with Crippen molar-refractivity contribution in [3.8, 4) is 21.9 Å². The summed E-state index contributed by atoms with van der Waals surface area (Å²) >= 11 is 18.9. The maximum Gasteiger partial charge on any atom is 0.250 e. The zero-order chi connectivity index (χ0) is 26.6. The van der Waals surface area contributed by atoms with E-state index < -0.39 is 0 Å². The van der Waals surface area contributed by atoms with E-state index in [2.05, 4.69) is 25.9 Å². The number of nitrogens with zero attached hydrogens (tertiary/aromatic N) is 4. The predicted molar refractivity (Wildman–Crippen MR) is 154 cm³/mol. The molecule has 38 heavy (non-hydrogen) atoms. The Balaban J connectivity index is 1.12. The molecular formula is C26H20Cl2N6O2S2. The number of hydrogen-bond acceptors (Lipinski definition) is 7. The summed E-state index contributed by atoms with van der Waals surface area (Å²) in [4.78, 5) is 13.1. The Labute approximate surface area is 237 Å². The van der Waals surface area contributed by atoms with Gasteiger partial charge in [-0.1, -0.05) is 65.7 Å². The molecule has 1 amide bonds. The first kappa shape index (κ1) is 26.1. The van der Waals surface area contributed by atoms with Crippen LogP contribution in [0.5, 0.6) is 0 Å². The number of aromatic nitrogens is 4. The van der Waals surface area contributed by atoms with Gasteiger partial charge in [0.1, 0.15) is 16.5 Å².